The number of rotatable bonds is 2. The molecule has 68 valence electrons. The SMILES string of the molecule is Cc1cccc(C(=O)C2CC2)c1O. The molecule has 0 atom stereocenters. The number of aromatic hydroxyl groups is 1. The molecule has 1 saturated carbocycles. The van der Waals surface area contributed by atoms with Gasteiger partial charge < -0.3 is 5.11 Å². The molecule has 0 aromatic heterocycles. The van der Waals surface area contributed by atoms with Crippen LogP contribution in [0, 0.1) is 12.8 Å². The van der Waals surface area contributed by atoms with E-state index in [1.165, 1.54) is 0 Å². The molecule has 13 heavy (non-hydrogen) atoms. The Balaban J connectivity index is 2.38. The summed E-state index contributed by atoms with van der Waals surface area (Å²) >= 11 is 0. The lowest BCUT2D eigenvalue weighted by molar-refractivity contribution is 0.0965. The van der Waals surface area contributed by atoms with Gasteiger partial charge in [0.25, 0.3) is 0 Å². The van der Waals surface area contributed by atoms with Gasteiger partial charge in [0.15, 0.2) is 5.78 Å². The second kappa shape index (κ2) is 2.87. The standard InChI is InChI=1S/C11H12O2/c1-7-3-2-4-9(10(7)12)11(13)8-5-6-8/h2-4,8,12H,5-6H2,1H3. The van der Waals surface area contributed by atoms with Crippen molar-refractivity contribution < 1.29 is 9.90 Å². The molecule has 0 spiro atoms. The first-order chi connectivity index (χ1) is 6.20. The largest absolute Gasteiger partial charge is 0.507 e. The Kier molecular flexibility index (Phi) is 1.83. The van der Waals surface area contributed by atoms with Gasteiger partial charge in [-0.3, -0.25) is 4.79 Å². The van der Waals surface area contributed by atoms with Gasteiger partial charge in [0.2, 0.25) is 0 Å². The van der Waals surface area contributed by atoms with Crippen molar-refractivity contribution in [2.75, 3.05) is 0 Å². The van der Waals surface area contributed by atoms with Crippen molar-refractivity contribution in [2.45, 2.75) is 19.8 Å². The molecule has 1 aliphatic rings. The van der Waals surface area contributed by atoms with Gasteiger partial charge in [-0.25, -0.2) is 0 Å². The van der Waals surface area contributed by atoms with Crippen LogP contribution in [0.4, 0.5) is 0 Å². The van der Waals surface area contributed by atoms with Crippen molar-refractivity contribution in [1.82, 2.24) is 0 Å². The minimum atomic E-state index is 0.0983. The Morgan fingerprint density at radius 2 is 2.15 bits per heavy atom. The molecule has 1 aliphatic carbocycles. The maximum Gasteiger partial charge on any atom is 0.169 e. The molecule has 0 heterocycles. The fourth-order valence-electron chi connectivity index (χ4n) is 1.42. The number of hydrogen-bond donors (Lipinski definition) is 1. The van der Waals surface area contributed by atoms with E-state index in [0.717, 1.165) is 18.4 Å². The minimum Gasteiger partial charge on any atom is -0.507 e. The number of aryl methyl sites for hydroxylation is 1. The first-order valence-corrected chi connectivity index (χ1v) is 4.53. The maximum absolute atomic E-state index is 11.6. The van der Waals surface area contributed by atoms with E-state index in [0.29, 0.717) is 5.56 Å². The van der Waals surface area contributed by atoms with E-state index in [1.54, 1.807) is 19.1 Å². The highest BCUT2D eigenvalue weighted by Crippen LogP contribution is 2.35. The second-order valence-corrected chi connectivity index (χ2v) is 3.61. The van der Waals surface area contributed by atoms with E-state index >= 15 is 0 Å². The van der Waals surface area contributed by atoms with Crippen LogP contribution in [0.1, 0.15) is 28.8 Å². The van der Waals surface area contributed by atoms with Crippen molar-refractivity contribution >= 4 is 5.78 Å². The summed E-state index contributed by atoms with van der Waals surface area (Å²) in [6, 6.07) is 5.31. The van der Waals surface area contributed by atoms with Gasteiger partial charge in [-0.15, -0.1) is 0 Å². The molecule has 1 N–H and O–H groups in total. The van der Waals surface area contributed by atoms with Crippen LogP contribution >= 0.6 is 0 Å². The molecule has 0 unspecified atom stereocenters. The lowest BCUT2D eigenvalue weighted by atomic mass is 10.0. The van der Waals surface area contributed by atoms with Crippen LogP contribution in [-0.2, 0) is 0 Å². The van der Waals surface area contributed by atoms with Gasteiger partial charge >= 0.3 is 0 Å². The maximum atomic E-state index is 11.6. The van der Waals surface area contributed by atoms with Gasteiger partial charge in [0.05, 0.1) is 5.56 Å². The van der Waals surface area contributed by atoms with Gasteiger partial charge in [0, 0.05) is 5.92 Å². The van der Waals surface area contributed by atoms with E-state index in [4.69, 9.17) is 0 Å². The van der Waals surface area contributed by atoms with Crippen LogP contribution in [0.5, 0.6) is 5.75 Å². The molecular formula is C11H12O2. The molecule has 0 radical (unpaired) electrons. The van der Waals surface area contributed by atoms with E-state index in [1.807, 2.05) is 6.07 Å². The Morgan fingerprint density at radius 1 is 1.46 bits per heavy atom. The molecule has 0 amide bonds. The average Bonchev–Trinajstić information content (AvgIpc) is 2.91. The zero-order valence-corrected chi connectivity index (χ0v) is 7.58. The van der Waals surface area contributed by atoms with Crippen LogP contribution in [0.3, 0.4) is 0 Å². The lowest BCUT2D eigenvalue weighted by Gasteiger charge is -2.04. The summed E-state index contributed by atoms with van der Waals surface area (Å²) in [6.07, 6.45) is 1.96. The Labute approximate surface area is 77.2 Å². The summed E-state index contributed by atoms with van der Waals surface area (Å²) < 4.78 is 0. The predicted octanol–water partition coefficient (Wildman–Crippen LogP) is 2.29. The Hall–Kier alpha value is -1.31. The van der Waals surface area contributed by atoms with E-state index in [9.17, 15) is 9.90 Å². The van der Waals surface area contributed by atoms with Crippen molar-refractivity contribution in [1.29, 1.82) is 0 Å². The van der Waals surface area contributed by atoms with Crippen molar-refractivity contribution in [2.24, 2.45) is 5.92 Å². The number of ketones is 1. The third-order valence-corrected chi connectivity index (χ3v) is 2.45. The fourth-order valence-corrected chi connectivity index (χ4v) is 1.42. The number of hydrogen-bond acceptors (Lipinski definition) is 2. The van der Waals surface area contributed by atoms with E-state index < -0.39 is 0 Å². The van der Waals surface area contributed by atoms with Crippen LogP contribution in [0.25, 0.3) is 0 Å². The van der Waals surface area contributed by atoms with Crippen LogP contribution < -0.4 is 0 Å². The summed E-state index contributed by atoms with van der Waals surface area (Å²) in [5.41, 5.74) is 1.26. The topological polar surface area (TPSA) is 37.3 Å². The third kappa shape index (κ3) is 1.44. The van der Waals surface area contributed by atoms with Crippen molar-refractivity contribution in [3.63, 3.8) is 0 Å². The molecule has 0 bridgehead atoms. The first-order valence-electron chi connectivity index (χ1n) is 4.53. The van der Waals surface area contributed by atoms with Gasteiger partial charge in [-0.1, -0.05) is 12.1 Å². The molecule has 2 nitrogen and oxygen atoms in total. The highest BCUT2D eigenvalue weighted by molar-refractivity contribution is 6.01. The summed E-state index contributed by atoms with van der Waals surface area (Å²) in [6.45, 7) is 1.80. The predicted molar refractivity (Wildman–Crippen MR) is 49.9 cm³/mol. The monoisotopic (exact) mass is 176 g/mol. The number of benzene rings is 1. The smallest absolute Gasteiger partial charge is 0.169 e. The fraction of sp³-hybridized carbons (Fsp3) is 0.364. The van der Waals surface area contributed by atoms with Crippen LogP contribution in [0.2, 0.25) is 0 Å². The Bertz CT molecular complexity index is 351. The number of carbonyl (C=O) groups excluding carboxylic acids is 1. The highest BCUT2D eigenvalue weighted by atomic mass is 16.3. The third-order valence-electron chi connectivity index (χ3n) is 2.45. The molecule has 2 heteroatoms. The average molecular weight is 176 g/mol. The summed E-state index contributed by atoms with van der Waals surface area (Å²) in [5.74, 6) is 0.424. The van der Waals surface area contributed by atoms with Crippen molar-refractivity contribution in [3.05, 3.63) is 29.3 Å². The number of Topliss-reactive ketones (excluding diaryl/α,β-unsaturated/α-hetero) is 1. The van der Waals surface area contributed by atoms with Gasteiger partial charge in [-0.2, -0.15) is 0 Å². The molecule has 1 aromatic rings. The molecule has 1 fully saturated rings. The summed E-state index contributed by atoms with van der Waals surface area (Å²) in [5, 5.41) is 9.62. The number of phenolic OH excluding ortho intramolecular Hbond substituents is 1. The zero-order valence-electron chi connectivity index (χ0n) is 7.58. The van der Waals surface area contributed by atoms with Gasteiger partial charge in [-0.05, 0) is 31.4 Å². The number of carbonyl (C=O) groups is 1. The highest BCUT2D eigenvalue weighted by Gasteiger charge is 2.31. The van der Waals surface area contributed by atoms with Crippen molar-refractivity contribution in [3.8, 4) is 5.75 Å². The normalized spacial score (nSPS) is 15.8. The molecule has 1 aromatic carbocycles. The molecule has 0 aliphatic heterocycles. The summed E-state index contributed by atoms with van der Waals surface area (Å²) in [7, 11) is 0. The van der Waals surface area contributed by atoms with E-state index in [-0.39, 0.29) is 17.5 Å². The molecular weight excluding hydrogens is 164 g/mol. The second-order valence-electron chi connectivity index (χ2n) is 3.61. The van der Waals surface area contributed by atoms with Crippen LogP contribution in [0.15, 0.2) is 18.2 Å². The Morgan fingerprint density at radius 3 is 2.77 bits per heavy atom. The zero-order chi connectivity index (χ0) is 9.42. The van der Waals surface area contributed by atoms with E-state index in [2.05, 4.69) is 0 Å². The molecule has 2 rings (SSSR count). The number of para-hydroxylation sites is 1. The first kappa shape index (κ1) is 8.30. The molecule has 0 saturated heterocycles. The lowest BCUT2D eigenvalue weighted by Crippen LogP contribution is -2.01. The van der Waals surface area contributed by atoms with Crippen LogP contribution in [-0.4, -0.2) is 10.9 Å². The summed E-state index contributed by atoms with van der Waals surface area (Å²) in [4.78, 5) is 11.6. The van der Waals surface area contributed by atoms with Gasteiger partial charge in [0.1, 0.15) is 5.75 Å². The minimum absolute atomic E-state index is 0.0983. The number of phenols is 1. The quantitative estimate of drug-likeness (QED) is 0.702.